The molecule has 2 heterocycles. The lowest BCUT2D eigenvalue weighted by Crippen LogP contribution is -2.28. The number of benzene rings is 3. The molecule has 3 aromatic carbocycles. The molecule has 1 amide bonds. The van der Waals surface area contributed by atoms with Crippen molar-refractivity contribution in [1.82, 2.24) is 24.1 Å². The predicted octanol–water partition coefficient (Wildman–Crippen LogP) is 3.85. The third-order valence-electron chi connectivity index (χ3n) is 6.01. The van der Waals surface area contributed by atoms with Gasteiger partial charge in [0.1, 0.15) is 5.75 Å². The maximum absolute atomic E-state index is 13.5. The van der Waals surface area contributed by atoms with E-state index in [0.717, 1.165) is 11.1 Å². The fraction of sp³-hybridized carbons (Fsp3) is 0.185. The number of hydrogen-bond donors (Lipinski definition) is 0. The first-order valence-electron chi connectivity index (χ1n) is 11.5. The summed E-state index contributed by atoms with van der Waals surface area (Å²) in [5, 5.41) is 9.82. The van der Waals surface area contributed by atoms with Crippen LogP contribution in [0, 0.1) is 0 Å². The first-order chi connectivity index (χ1) is 17.6. The van der Waals surface area contributed by atoms with Crippen molar-refractivity contribution in [2.24, 2.45) is 0 Å². The van der Waals surface area contributed by atoms with Crippen LogP contribution in [0.3, 0.4) is 0 Å². The Hall–Kier alpha value is -4.11. The van der Waals surface area contributed by atoms with Gasteiger partial charge >= 0.3 is 0 Å². The molecule has 8 nitrogen and oxygen atoms in total. The molecular weight excluding hydrogens is 474 g/mol. The van der Waals surface area contributed by atoms with E-state index in [2.05, 4.69) is 10.2 Å². The van der Waals surface area contributed by atoms with Gasteiger partial charge in [0.05, 0.1) is 30.3 Å². The van der Waals surface area contributed by atoms with E-state index >= 15 is 0 Å². The van der Waals surface area contributed by atoms with Crippen molar-refractivity contribution in [3.8, 4) is 5.75 Å². The number of rotatable bonds is 8. The minimum atomic E-state index is -0.161. The number of para-hydroxylation sites is 2. The van der Waals surface area contributed by atoms with E-state index in [4.69, 9.17) is 4.74 Å². The molecule has 0 spiro atoms. The van der Waals surface area contributed by atoms with Gasteiger partial charge in [0.15, 0.2) is 5.16 Å². The lowest BCUT2D eigenvalue weighted by molar-refractivity contribution is -0.127. The SMILES string of the molecule is COc1ccccc1Cn1c(=O)c2ccccc2n2c(SCC(=O)N(C)Cc3ccccc3)nnc12. The average Bonchev–Trinajstić information content (AvgIpc) is 3.34. The molecule has 0 bridgehead atoms. The molecule has 0 aliphatic carbocycles. The molecule has 2 aromatic heterocycles. The predicted molar refractivity (Wildman–Crippen MR) is 140 cm³/mol. The molecule has 0 N–H and O–H groups in total. The van der Waals surface area contributed by atoms with Crippen LogP contribution >= 0.6 is 11.8 Å². The Bertz CT molecular complexity index is 1600. The minimum Gasteiger partial charge on any atom is -0.496 e. The Morgan fingerprint density at radius 3 is 2.50 bits per heavy atom. The zero-order valence-electron chi connectivity index (χ0n) is 20.0. The van der Waals surface area contributed by atoms with Gasteiger partial charge in [-0.1, -0.05) is 72.4 Å². The van der Waals surface area contributed by atoms with E-state index in [1.54, 1.807) is 29.7 Å². The van der Waals surface area contributed by atoms with Crippen molar-refractivity contribution in [1.29, 1.82) is 0 Å². The molecule has 0 aliphatic rings. The highest BCUT2D eigenvalue weighted by Gasteiger charge is 2.19. The summed E-state index contributed by atoms with van der Waals surface area (Å²) in [5.41, 5.74) is 2.46. The number of ether oxygens (including phenoxy) is 1. The van der Waals surface area contributed by atoms with E-state index in [-0.39, 0.29) is 23.8 Å². The summed E-state index contributed by atoms with van der Waals surface area (Å²) < 4.78 is 8.93. The molecule has 0 radical (unpaired) electrons. The fourth-order valence-electron chi connectivity index (χ4n) is 4.16. The van der Waals surface area contributed by atoms with Crippen molar-refractivity contribution in [2.45, 2.75) is 18.2 Å². The monoisotopic (exact) mass is 499 g/mol. The number of amides is 1. The van der Waals surface area contributed by atoms with Crippen LogP contribution in [-0.2, 0) is 17.9 Å². The number of aromatic nitrogens is 4. The lowest BCUT2D eigenvalue weighted by Gasteiger charge is -2.17. The van der Waals surface area contributed by atoms with E-state index in [1.807, 2.05) is 77.2 Å². The third kappa shape index (κ3) is 4.57. The summed E-state index contributed by atoms with van der Waals surface area (Å²) in [6, 6.07) is 24.8. The van der Waals surface area contributed by atoms with Gasteiger partial charge in [0.25, 0.3) is 5.56 Å². The maximum atomic E-state index is 13.5. The number of carbonyl (C=O) groups excluding carboxylic acids is 1. The molecule has 0 fully saturated rings. The van der Waals surface area contributed by atoms with Gasteiger partial charge in [-0.15, -0.1) is 10.2 Å². The lowest BCUT2D eigenvalue weighted by atomic mass is 10.2. The minimum absolute atomic E-state index is 0.0211. The van der Waals surface area contributed by atoms with Gasteiger partial charge in [0, 0.05) is 19.2 Å². The van der Waals surface area contributed by atoms with Crippen molar-refractivity contribution < 1.29 is 9.53 Å². The van der Waals surface area contributed by atoms with Crippen molar-refractivity contribution in [2.75, 3.05) is 19.9 Å². The maximum Gasteiger partial charge on any atom is 0.263 e. The first-order valence-corrected chi connectivity index (χ1v) is 12.4. The second kappa shape index (κ2) is 10.2. The van der Waals surface area contributed by atoms with Crippen LogP contribution in [0.2, 0.25) is 0 Å². The standard InChI is InChI=1S/C27H25N5O3S/c1-30(16-19-10-4-3-5-11-19)24(33)18-36-27-29-28-26-31(17-20-12-6-9-15-23(20)35-2)25(34)21-13-7-8-14-22(21)32(26)27/h3-15H,16-18H2,1-2H3. The smallest absolute Gasteiger partial charge is 0.263 e. The van der Waals surface area contributed by atoms with Crippen LogP contribution in [0.4, 0.5) is 0 Å². The number of nitrogens with zero attached hydrogens (tertiary/aromatic N) is 5. The van der Waals surface area contributed by atoms with Crippen molar-refractivity contribution in [3.63, 3.8) is 0 Å². The Balaban J connectivity index is 1.49. The summed E-state index contributed by atoms with van der Waals surface area (Å²) >= 11 is 1.31. The molecule has 5 rings (SSSR count). The van der Waals surface area contributed by atoms with E-state index in [0.29, 0.717) is 34.1 Å². The topological polar surface area (TPSA) is 81.7 Å². The number of methoxy groups -OCH3 is 1. The molecule has 0 atom stereocenters. The van der Waals surface area contributed by atoms with Crippen LogP contribution in [-0.4, -0.2) is 49.9 Å². The summed E-state index contributed by atoms with van der Waals surface area (Å²) in [7, 11) is 3.40. The van der Waals surface area contributed by atoms with Crippen molar-refractivity contribution in [3.05, 3.63) is 100 Å². The first kappa shape index (κ1) is 23.6. The average molecular weight is 500 g/mol. The largest absolute Gasteiger partial charge is 0.496 e. The zero-order chi connectivity index (χ0) is 25.1. The molecule has 0 aliphatic heterocycles. The Morgan fingerprint density at radius 2 is 1.69 bits per heavy atom. The highest BCUT2D eigenvalue weighted by molar-refractivity contribution is 7.99. The molecular formula is C27H25N5O3S. The van der Waals surface area contributed by atoms with Crippen LogP contribution in [0.25, 0.3) is 16.7 Å². The fourth-order valence-corrected chi connectivity index (χ4v) is 5.04. The highest BCUT2D eigenvalue weighted by atomic mass is 32.2. The molecule has 0 saturated carbocycles. The van der Waals surface area contributed by atoms with E-state index in [9.17, 15) is 9.59 Å². The van der Waals surface area contributed by atoms with Crippen LogP contribution in [0.1, 0.15) is 11.1 Å². The quantitative estimate of drug-likeness (QED) is 0.302. The van der Waals surface area contributed by atoms with Gasteiger partial charge in [0.2, 0.25) is 11.7 Å². The summed E-state index contributed by atoms with van der Waals surface area (Å²) in [4.78, 5) is 28.0. The third-order valence-corrected chi connectivity index (χ3v) is 6.93. The molecule has 5 aromatic rings. The van der Waals surface area contributed by atoms with Crippen molar-refractivity contribution >= 4 is 34.3 Å². The Kier molecular flexibility index (Phi) is 6.73. The molecule has 0 unspecified atom stereocenters. The second-order valence-electron chi connectivity index (χ2n) is 8.36. The molecule has 182 valence electrons. The zero-order valence-corrected chi connectivity index (χ0v) is 20.8. The summed E-state index contributed by atoms with van der Waals surface area (Å²) in [6.07, 6.45) is 0. The van der Waals surface area contributed by atoms with Gasteiger partial charge in [-0.3, -0.25) is 18.6 Å². The molecule has 0 saturated heterocycles. The number of fused-ring (bicyclic) bond motifs is 3. The second-order valence-corrected chi connectivity index (χ2v) is 9.30. The van der Waals surface area contributed by atoms with Gasteiger partial charge < -0.3 is 9.64 Å². The van der Waals surface area contributed by atoms with Crippen LogP contribution in [0.15, 0.2) is 88.8 Å². The number of carbonyl (C=O) groups is 1. The van der Waals surface area contributed by atoms with Gasteiger partial charge in [-0.05, 0) is 23.8 Å². The number of thioether (sulfide) groups is 1. The Labute approximate surface area is 212 Å². The van der Waals surface area contributed by atoms with E-state index in [1.165, 1.54) is 11.8 Å². The van der Waals surface area contributed by atoms with E-state index < -0.39 is 0 Å². The summed E-state index contributed by atoms with van der Waals surface area (Å²) in [5.74, 6) is 1.28. The Morgan fingerprint density at radius 1 is 0.972 bits per heavy atom. The van der Waals surface area contributed by atoms with Crippen LogP contribution in [0.5, 0.6) is 5.75 Å². The highest BCUT2D eigenvalue weighted by Crippen LogP contribution is 2.24. The summed E-state index contributed by atoms with van der Waals surface area (Å²) in [6.45, 7) is 0.806. The van der Waals surface area contributed by atoms with Gasteiger partial charge in [-0.2, -0.15) is 0 Å². The number of hydrogen-bond acceptors (Lipinski definition) is 6. The van der Waals surface area contributed by atoms with Gasteiger partial charge in [-0.25, -0.2) is 0 Å². The molecule has 36 heavy (non-hydrogen) atoms. The molecule has 9 heteroatoms. The normalized spacial score (nSPS) is 11.2. The van der Waals surface area contributed by atoms with Crippen LogP contribution < -0.4 is 10.3 Å².